The second-order valence-electron chi connectivity index (χ2n) is 4.72. The molecule has 102 valence electrons. The van der Waals surface area contributed by atoms with Crippen molar-refractivity contribution < 1.29 is 8.42 Å². The maximum absolute atomic E-state index is 12.6. The van der Waals surface area contributed by atoms with Crippen molar-refractivity contribution >= 4 is 10.0 Å². The van der Waals surface area contributed by atoms with E-state index in [0.717, 1.165) is 6.42 Å². The van der Waals surface area contributed by atoms with E-state index in [9.17, 15) is 8.42 Å². The molecule has 0 spiro atoms. The number of rotatable bonds is 3. The van der Waals surface area contributed by atoms with Crippen LogP contribution in [0.5, 0.6) is 0 Å². The largest absolute Gasteiger partial charge is 0.330 e. The summed E-state index contributed by atoms with van der Waals surface area (Å²) in [6.07, 6.45) is 2.16. The lowest BCUT2D eigenvalue weighted by molar-refractivity contribution is 0.404. The number of nitrogens with zero attached hydrogens (tertiary/aromatic N) is 3. The molecule has 1 aliphatic rings. The third-order valence-electron chi connectivity index (χ3n) is 3.40. The molecule has 0 bridgehead atoms. The number of aromatic nitrogens is 1. The van der Waals surface area contributed by atoms with Gasteiger partial charge in [0.2, 0.25) is 10.0 Å². The quantitative estimate of drug-likeness (QED) is 0.859. The molecular weight excluding hydrogens is 264 g/mol. The fraction of sp³-hybridized carbons (Fsp3) is 0.500. The molecule has 1 saturated heterocycles. The van der Waals surface area contributed by atoms with Gasteiger partial charge in [0.25, 0.3) is 0 Å². The van der Waals surface area contributed by atoms with Crippen LogP contribution >= 0.6 is 0 Å². The SMILES string of the molecule is CC1CC(CN)CN1S(=O)(=O)c1cccnc1C#N. The van der Waals surface area contributed by atoms with Crippen LogP contribution in [0.1, 0.15) is 19.0 Å². The van der Waals surface area contributed by atoms with Gasteiger partial charge in [-0.3, -0.25) is 0 Å². The third kappa shape index (κ3) is 2.47. The lowest BCUT2D eigenvalue weighted by Gasteiger charge is -2.21. The summed E-state index contributed by atoms with van der Waals surface area (Å²) in [5, 5.41) is 8.97. The maximum Gasteiger partial charge on any atom is 0.246 e. The highest BCUT2D eigenvalue weighted by Crippen LogP contribution is 2.29. The molecule has 0 aliphatic carbocycles. The normalized spacial score (nSPS) is 24.3. The molecule has 0 radical (unpaired) electrons. The van der Waals surface area contributed by atoms with Crippen molar-refractivity contribution in [3.8, 4) is 6.07 Å². The van der Waals surface area contributed by atoms with Gasteiger partial charge >= 0.3 is 0 Å². The topological polar surface area (TPSA) is 100 Å². The van der Waals surface area contributed by atoms with Crippen LogP contribution < -0.4 is 5.73 Å². The van der Waals surface area contributed by atoms with Gasteiger partial charge in [-0.15, -0.1) is 0 Å². The number of hydrogen-bond donors (Lipinski definition) is 1. The first kappa shape index (κ1) is 13.9. The van der Waals surface area contributed by atoms with Gasteiger partial charge in [0.15, 0.2) is 5.69 Å². The van der Waals surface area contributed by atoms with Gasteiger partial charge < -0.3 is 5.73 Å². The van der Waals surface area contributed by atoms with Crippen LogP contribution in [-0.2, 0) is 10.0 Å². The molecule has 2 atom stereocenters. The first-order valence-corrected chi connectivity index (χ1v) is 7.51. The molecule has 1 aromatic rings. The molecule has 0 amide bonds. The Morgan fingerprint density at radius 2 is 2.37 bits per heavy atom. The van der Waals surface area contributed by atoms with Crippen LogP contribution in [-0.4, -0.2) is 36.8 Å². The predicted octanol–water partition coefficient (Wildman–Crippen LogP) is 0.311. The van der Waals surface area contributed by atoms with Crippen LogP contribution in [0.4, 0.5) is 0 Å². The summed E-state index contributed by atoms with van der Waals surface area (Å²) in [7, 11) is -3.68. The van der Waals surface area contributed by atoms with Crippen LogP contribution in [0.2, 0.25) is 0 Å². The van der Waals surface area contributed by atoms with Crippen molar-refractivity contribution in [1.82, 2.24) is 9.29 Å². The molecule has 7 heteroatoms. The molecule has 19 heavy (non-hydrogen) atoms. The Hall–Kier alpha value is -1.49. The molecule has 1 aromatic heterocycles. The van der Waals surface area contributed by atoms with Gasteiger partial charge in [-0.1, -0.05) is 0 Å². The smallest absolute Gasteiger partial charge is 0.246 e. The van der Waals surface area contributed by atoms with E-state index in [4.69, 9.17) is 11.0 Å². The molecule has 0 saturated carbocycles. The van der Waals surface area contributed by atoms with E-state index in [-0.39, 0.29) is 22.5 Å². The van der Waals surface area contributed by atoms with Crippen molar-refractivity contribution in [2.45, 2.75) is 24.3 Å². The Morgan fingerprint density at radius 3 is 2.95 bits per heavy atom. The minimum absolute atomic E-state index is 0.0259. The summed E-state index contributed by atoms with van der Waals surface area (Å²) in [4.78, 5) is 3.78. The Morgan fingerprint density at radius 1 is 1.63 bits per heavy atom. The van der Waals surface area contributed by atoms with Gasteiger partial charge in [0.1, 0.15) is 11.0 Å². The highest BCUT2D eigenvalue weighted by molar-refractivity contribution is 7.89. The van der Waals surface area contributed by atoms with E-state index in [1.54, 1.807) is 0 Å². The minimum atomic E-state index is -3.68. The molecule has 6 nitrogen and oxygen atoms in total. The van der Waals surface area contributed by atoms with Crippen LogP contribution in [0.15, 0.2) is 23.2 Å². The van der Waals surface area contributed by atoms with E-state index in [1.807, 2.05) is 13.0 Å². The van der Waals surface area contributed by atoms with E-state index in [1.165, 1.54) is 22.6 Å². The highest BCUT2D eigenvalue weighted by Gasteiger charge is 2.38. The predicted molar refractivity (Wildman–Crippen MR) is 69.5 cm³/mol. The molecule has 1 aliphatic heterocycles. The summed E-state index contributed by atoms with van der Waals surface area (Å²) >= 11 is 0. The van der Waals surface area contributed by atoms with E-state index in [0.29, 0.717) is 13.1 Å². The average molecular weight is 280 g/mol. The molecular formula is C12H16N4O2S. The second kappa shape index (κ2) is 5.25. The Bertz CT molecular complexity index is 608. The Balaban J connectivity index is 2.41. The number of nitrogens with two attached hydrogens (primary N) is 1. The summed E-state index contributed by atoms with van der Waals surface area (Å²) in [5.41, 5.74) is 5.55. The molecule has 2 unspecified atom stereocenters. The molecule has 1 fully saturated rings. The van der Waals surface area contributed by atoms with Crippen molar-refractivity contribution in [2.24, 2.45) is 11.7 Å². The van der Waals surface area contributed by atoms with Gasteiger partial charge in [0.05, 0.1) is 0 Å². The van der Waals surface area contributed by atoms with Gasteiger partial charge in [-0.05, 0) is 37.9 Å². The monoisotopic (exact) mass is 280 g/mol. The van der Waals surface area contributed by atoms with E-state index >= 15 is 0 Å². The minimum Gasteiger partial charge on any atom is -0.330 e. The van der Waals surface area contributed by atoms with Crippen molar-refractivity contribution in [3.63, 3.8) is 0 Å². The fourth-order valence-corrected chi connectivity index (χ4v) is 4.24. The number of hydrogen-bond acceptors (Lipinski definition) is 5. The standard InChI is InChI=1S/C12H16N4O2S/c1-9-5-10(6-13)8-16(9)19(17,18)12-3-2-4-15-11(12)7-14/h2-4,9-10H,5-6,8,13H2,1H3. The van der Waals surface area contributed by atoms with E-state index < -0.39 is 10.0 Å². The lowest BCUT2D eigenvalue weighted by atomic mass is 10.1. The van der Waals surface area contributed by atoms with Gasteiger partial charge in [0, 0.05) is 18.8 Å². The summed E-state index contributed by atoms with van der Waals surface area (Å²) < 4.78 is 26.6. The second-order valence-corrected chi connectivity index (χ2v) is 6.58. The molecule has 2 N–H and O–H groups in total. The fourth-order valence-electron chi connectivity index (χ4n) is 2.42. The van der Waals surface area contributed by atoms with Crippen molar-refractivity contribution in [3.05, 3.63) is 24.0 Å². The lowest BCUT2D eigenvalue weighted by Crippen LogP contribution is -2.35. The third-order valence-corrected chi connectivity index (χ3v) is 5.41. The first-order chi connectivity index (χ1) is 9.00. The zero-order chi connectivity index (χ0) is 14.0. The zero-order valence-corrected chi connectivity index (χ0v) is 11.5. The first-order valence-electron chi connectivity index (χ1n) is 6.07. The van der Waals surface area contributed by atoms with Crippen molar-refractivity contribution in [1.29, 1.82) is 5.26 Å². The Labute approximate surface area is 112 Å². The number of sulfonamides is 1. The van der Waals surface area contributed by atoms with Crippen molar-refractivity contribution in [2.75, 3.05) is 13.1 Å². The summed E-state index contributed by atoms with van der Waals surface area (Å²) in [5.74, 6) is 0.173. The van der Waals surface area contributed by atoms with E-state index in [2.05, 4.69) is 4.98 Å². The van der Waals surface area contributed by atoms with Gasteiger partial charge in [-0.25, -0.2) is 13.4 Å². The number of pyridine rings is 1. The summed E-state index contributed by atoms with van der Waals surface area (Å²) in [6, 6.07) is 4.66. The maximum atomic E-state index is 12.6. The zero-order valence-electron chi connectivity index (χ0n) is 10.7. The van der Waals surface area contributed by atoms with Gasteiger partial charge in [-0.2, -0.15) is 9.57 Å². The molecule has 0 aromatic carbocycles. The van der Waals surface area contributed by atoms with Crippen LogP contribution in [0.25, 0.3) is 0 Å². The number of nitriles is 1. The van der Waals surface area contributed by atoms with Crippen LogP contribution in [0.3, 0.4) is 0 Å². The highest BCUT2D eigenvalue weighted by atomic mass is 32.2. The molecule has 2 rings (SSSR count). The summed E-state index contributed by atoms with van der Waals surface area (Å²) in [6.45, 7) is 2.73. The Kier molecular flexibility index (Phi) is 3.85. The van der Waals surface area contributed by atoms with Crippen LogP contribution in [0, 0.1) is 17.2 Å². The average Bonchev–Trinajstić information content (AvgIpc) is 2.80. The molecule has 2 heterocycles.